The maximum atomic E-state index is 11.3. The minimum atomic E-state index is -0.405. The van der Waals surface area contributed by atoms with Crippen LogP contribution >= 0.6 is 0 Å². The van der Waals surface area contributed by atoms with Crippen molar-refractivity contribution in [3.63, 3.8) is 0 Å². The fourth-order valence-electron chi connectivity index (χ4n) is 2.12. The van der Waals surface area contributed by atoms with E-state index >= 15 is 0 Å². The van der Waals surface area contributed by atoms with Crippen molar-refractivity contribution in [2.75, 3.05) is 32.0 Å². The lowest BCUT2D eigenvalue weighted by molar-refractivity contribution is -0.384. The summed E-state index contributed by atoms with van der Waals surface area (Å²) in [6, 6.07) is 5.08. The zero-order chi connectivity index (χ0) is 13.8. The van der Waals surface area contributed by atoms with Gasteiger partial charge in [0.2, 0.25) is 5.91 Å². The molecular weight excluding hydrogens is 248 g/mol. The normalized spacial score (nSPS) is 15.9. The molecule has 1 aliphatic rings. The van der Waals surface area contributed by atoms with Crippen LogP contribution in [-0.4, -0.2) is 42.4 Å². The van der Waals surface area contributed by atoms with Crippen LogP contribution in [0, 0.1) is 10.1 Å². The van der Waals surface area contributed by atoms with Gasteiger partial charge < -0.3 is 10.6 Å². The summed E-state index contributed by atoms with van der Waals surface area (Å²) in [4.78, 5) is 23.8. The first-order valence-corrected chi connectivity index (χ1v) is 6.04. The van der Waals surface area contributed by atoms with Crippen molar-refractivity contribution in [3.05, 3.63) is 33.9 Å². The number of carbonyl (C=O) groups is 1. The highest BCUT2D eigenvalue weighted by atomic mass is 16.6. The van der Waals surface area contributed by atoms with E-state index in [0.29, 0.717) is 25.3 Å². The maximum Gasteiger partial charge on any atom is 0.292 e. The number of rotatable bonds is 4. The lowest BCUT2D eigenvalue weighted by atomic mass is 10.1. The van der Waals surface area contributed by atoms with E-state index in [0.717, 1.165) is 12.1 Å². The Morgan fingerprint density at radius 3 is 2.95 bits per heavy atom. The standard InChI is InChI=1S/C12H16N4O3/c1-13-10-3-2-9(6-11(10)16(18)19)7-15-5-4-14-12(17)8-15/h2-3,6,13H,4-5,7-8H2,1H3,(H,14,17). The Kier molecular flexibility index (Phi) is 3.96. The van der Waals surface area contributed by atoms with Crippen LogP contribution in [0.5, 0.6) is 0 Å². The average Bonchev–Trinajstić information content (AvgIpc) is 2.38. The average molecular weight is 264 g/mol. The lowest BCUT2D eigenvalue weighted by Gasteiger charge is -2.26. The first-order valence-electron chi connectivity index (χ1n) is 6.04. The zero-order valence-corrected chi connectivity index (χ0v) is 10.7. The van der Waals surface area contributed by atoms with Gasteiger partial charge in [0, 0.05) is 32.7 Å². The van der Waals surface area contributed by atoms with E-state index in [9.17, 15) is 14.9 Å². The Hall–Kier alpha value is -2.15. The first-order chi connectivity index (χ1) is 9.10. The van der Waals surface area contributed by atoms with Crippen LogP contribution in [0.15, 0.2) is 18.2 Å². The minimum Gasteiger partial charge on any atom is -0.383 e. The van der Waals surface area contributed by atoms with Gasteiger partial charge in [-0.1, -0.05) is 6.07 Å². The topological polar surface area (TPSA) is 87.5 Å². The van der Waals surface area contributed by atoms with Crippen molar-refractivity contribution in [2.45, 2.75) is 6.54 Å². The van der Waals surface area contributed by atoms with Crippen LogP contribution in [0.3, 0.4) is 0 Å². The van der Waals surface area contributed by atoms with E-state index in [1.807, 2.05) is 11.0 Å². The van der Waals surface area contributed by atoms with Gasteiger partial charge in [-0.15, -0.1) is 0 Å². The lowest BCUT2D eigenvalue weighted by Crippen LogP contribution is -2.47. The molecule has 0 radical (unpaired) electrons. The summed E-state index contributed by atoms with van der Waals surface area (Å²) in [6.07, 6.45) is 0. The summed E-state index contributed by atoms with van der Waals surface area (Å²) in [7, 11) is 1.65. The zero-order valence-electron chi connectivity index (χ0n) is 10.7. The first kappa shape index (κ1) is 13.3. The predicted octanol–water partition coefficient (Wildman–Crippen LogP) is 0.568. The van der Waals surface area contributed by atoms with E-state index in [2.05, 4.69) is 10.6 Å². The summed E-state index contributed by atoms with van der Waals surface area (Å²) in [5, 5.41) is 16.5. The molecule has 1 aromatic rings. The summed E-state index contributed by atoms with van der Waals surface area (Å²) in [5.74, 6) is -0.00686. The number of nitro benzene ring substituents is 1. The third-order valence-electron chi connectivity index (χ3n) is 3.05. The SMILES string of the molecule is CNc1ccc(CN2CCNC(=O)C2)cc1[N+](=O)[O-]. The molecular formula is C12H16N4O3. The Morgan fingerprint density at radius 2 is 2.32 bits per heavy atom. The fraction of sp³-hybridized carbons (Fsp3) is 0.417. The van der Waals surface area contributed by atoms with Crippen molar-refractivity contribution in [1.29, 1.82) is 0 Å². The molecule has 2 rings (SSSR count). The molecule has 7 heteroatoms. The van der Waals surface area contributed by atoms with Gasteiger partial charge in [-0.2, -0.15) is 0 Å². The van der Waals surface area contributed by atoms with Crippen molar-refractivity contribution < 1.29 is 9.72 Å². The monoisotopic (exact) mass is 264 g/mol. The second-order valence-electron chi connectivity index (χ2n) is 4.42. The highest BCUT2D eigenvalue weighted by molar-refractivity contribution is 5.78. The molecule has 1 aliphatic heterocycles. The highest BCUT2D eigenvalue weighted by Crippen LogP contribution is 2.25. The molecule has 0 unspecified atom stereocenters. The second-order valence-corrected chi connectivity index (χ2v) is 4.42. The van der Waals surface area contributed by atoms with E-state index < -0.39 is 4.92 Å². The molecule has 0 atom stereocenters. The molecule has 0 bridgehead atoms. The molecule has 1 fully saturated rings. The largest absolute Gasteiger partial charge is 0.383 e. The molecule has 1 amide bonds. The van der Waals surface area contributed by atoms with Gasteiger partial charge in [-0.25, -0.2) is 0 Å². The molecule has 1 aromatic carbocycles. The van der Waals surface area contributed by atoms with Crippen molar-refractivity contribution >= 4 is 17.3 Å². The molecule has 0 saturated carbocycles. The summed E-state index contributed by atoms with van der Waals surface area (Å²) < 4.78 is 0. The number of carbonyl (C=O) groups excluding carboxylic acids is 1. The van der Waals surface area contributed by atoms with Crippen LogP contribution in [-0.2, 0) is 11.3 Å². The Bertz CT molecular complexity index is 504. The van der Waals surface area contributed by atoms with Crippen LogP contribution < -0.4 is 10.6 Å². The van der Waals surface area contributed by atoms with E-state index in [1.54, 1.807) is 19.2 Å². The molecule has 2 N–H and O–H groups in total. The number of nitrogens with one attached hydrogen (secondary N) is 2. The van der Waals surface area contributed by atoms with Gasteiger partial charge in [0.15, 0.2) is 0 Å². The van der Waals surface area contributed by atoms with Gasteiger partial charge in [0.05, 0.1) is 11.5 Å². The van der Waals surface area contributed by atoms with Crippen molar-refractivity contribution in [3.8, 4) is 0 Å². The van der Waals surface area contributed by atoms with Gasteiger partial charge >= 0.3 is 0 Å². The third kappa shape index (κ3) is 3.19. The molecule has 0 aliphatic carbocycles. The Balaban J connectivity index is 2.14. The Morgan fingerprint density at radius 1 is 1.53 bits per heavy atom. The van der Waals surface area contributed by atoms with Crippen LogP contribution in [0.25, 0.3) is 0 Å². The van der Waals surface area contributed by atoms with Gasteiger partial charge in [0.1, 0.15) is 5.69 Å². The summed E-state index contributed by atoms with van der Waals surface area (Å²) >= 11 is 0. The van der Waals surface area contributed by atoms with Crippen LogP contribution in [0.1, 0.15) is 5.56 Å². The maximum absolute atomic E-state index is 11.3. The molecule has 0 spiro atoms. The fourth-order valence-corrected chi connectivity index (χ4v) is 2.12. The molecule has 19 heavy (non-hydrogen) atoms. The quantitative estimate of drug-likeness (QED) is 0.613. The van der Waals surface area contributed by atoms with E-state index in [1.165, 1.54) is 0 Å². The molecule has 0 aromatic heterocycles. The van der Waals surface area contributed by atoms with E-state index in [4.69, 9.17) is 0 Å². The number of anilines is 1. The number of nitro groups is 1. The minimum absolute atomic E-state index is 0.00686. The summed E-state index contributed by atoms with van der Waals surface area (Å²) in [5.41, 5.74) is 1.38. The van der Waals surface area contributed by atoms with Gasteiger partial charge in [-0.3, -0.25) is 19.8 Å². The van der Waals surface area contributed by atoms with Gasteiger partial charge in [-0.05, 0) is 11.6 Å². The number of nitrogens with zero attached hydrogens (tertiary/aromatic N) is 2. The Labute approximate surface area is 110 Å². The van der Waals surface area contributed by atoms with Crippen molar-refractivity contribution in [1.82, 2.24) is 10.2 Å². The number of amides is 1. The molecule has 1 saturated heterocycles. The number of benzene rings is 1. The highest BCUT2D eigenvalue weighted by Gasteiger charge is 2.18. The molecule has 1 heterocycles. The number of hydrogen-bond acceptors (Lipinski definition) is 5. The van der Waals surface area contributed by atoms with E-state index in [-0.39, 0.29) is 11.6 Å². The van der Waals surface area contributed by atoms with Gasteiger partial charge in [0.25, 0.3) is 5.69 Å². The summed E-state index contributed by atoms with van der Waals surface area (Å²) in [6.45, 7) is 2.25. The van der Waals surface area contributed by atoms with Crippen molar-refractivity contribution in [2.24, 2.45) is 0 Å². The smallest absolute Gasteiger partial charge is 0.292 e. The second kappa shape index (κ2) is 5.66. The number of piperazine rings is 1. The molecule has 7 nitrogen and oxygen atoms in total. The number of hydrogen-bond donors (Lipinski definition) is 2. The van der Waals surface area contributed by atoms with Crippen LogP contribution in [0.4, 0.5) is 11.4 Å². The third-order valence-corrected chi connectivity index (χ3v) is 3.05. The van der Waals surface area contributed by atoms with Crippen LogP contribution in [0.2, 0.25) is 0 Å². The molecule has 102 valence electrons. The predicted molar refractivity (Wildman–Crippen MR) is 70.9 cm³/mol.